The van der Waals surface area contributed by atoms with Crippen LogP contribution in [0, 0.1) is 5.41 Å². The molecule has 1 aliphatic carbocycles. The van der Waals surface area contributed by atoms with E-state index in [1.165, 1.54) is 0 Å². The Morgan fingerprint density at radius 1 is 1.17 bits per heavy atom. The lowest BCUT2D eigenvalue weighted by Crippen LogP contribution is -2.51. The summed E-state index contributed by atoms with van der Waals surface area (Å²) in [6.45, 7) is 2.86. The molecule has 1 N–H and O–H groups in total. The molecule has 0 bridgehead atoms. The first-order chi connectivity index (χ1) is 5.68. The van der Waals surface area contributed by atoms with Gasteiger partial charge in [-0.15, -0.1) is 0 Å². The molecule has 3 heteroatoms. The first-order valence-electron chi connectivity index (χ1n) is 4.57. The molecular formula is C9H16O3. The summed E-state index contributed by atoms with van der Waals surface area (Å²) in [4.78, 5) is 0. The van der Waals surface area contributed by atoms with Crippen molar-refractivity contribution in [3.63, 3.8) is 0 Å². The van der Waals surface area contributed by atoms with Crippen molar-refractivity contribution >= 4 is 0 Å². The van der Waals surface area contributed by atoms with Crippen molar-refractivity contribution < 1.29 is 14.6 Å². The SMILES string of the molecule is CC1(CO)CCC2(CC1)OCO2. The summed E-state index contributed by atoms with van der Waals surface area (Å²) >= 11 is 0. The highest BCUT2D eigenvalue weighted by molar-refractivity contribution is 4.88. The standard InChI is InChI=1S/C9H16O3/c1-8(6-10)2-4-9(5-3-8)11-7-12-9/h10H,2-7H2,1H3. The van der Waals surface area contributed by atoms with Gasteiger partial charge in [0.15, 0.2) is 12.6 Å². The average molecular weight is 172 g/mol. The van der Waals surface area contributed by atoms with Crippen LogP contribution in [-0.4, -0.2) is 24.3 Å². The molecule has 0 atom stereocenters. The minimum Gasteiger partial charge on any atom is -0.396 e. The van der Waals surface area contributed by atoms with Crippen LogP contribution in [0.25, 0.3) is 0 Å². The van der Waals surface area contributed by atoms with E-state index in [1.807, 2.05) is 0 Å². The van der Waals surface area contributed by atoms with E-state index in [4.69, 9.17) is 14.6 Å². The molecule has 0 aromatic carbocycles. The Hall–Kier alpha value is -0.120. The van der Waals surface area contributed by atoms with Crippen LogP contribution in [0.5, 0.6) is 0 Å². The van der Waals surface area contributed by atoms with Crippen LogP contribution in [0.3, 0.4) is 0 Å². The summed E-state index contributed by atoms with van der Waals surface area (Å²) in [7, 11) is 0. The first kappa shape index (κ1) is 8.48. The molecule has 2 fully saturated rings. The Balaban J connectivity index is 1.92. The molecule has 0 aromatic heterocycles. The maximum atomic E-state index is 9.13. The molecule has 0 radical (unpaired) electrons. The molecule has 1 spiro atoms. The fraction of sp³-hybridized carbons (Fsp3) is 1.00. The highest BCUT2D eigenvalue weighted by Crippen LogP contribution is 2.45. The zero-order chi connectivity index (χ0) is 8.66. The monoisotopic (exact) mass is 172 g/mol. The average Bonchev–Trinajstić information content (AvgIpc) is 2.04. The number of aliphatic hydroxyl groups excluding tert-OH is 1. The highest BCUT2D eigenvalue weighted by Gasteiger charge is 2.46. The van der Waals surface area contributed by atoms with E-state index in [-0.39, 0.29) is 17.8 Å². The van der Waals surface area contributed by atoms with Gasteiger partial charge in [-0.05, 0) is 18.3 Å². The largest absolute Gasteiger partial charge is 0.396 e. The van der Waals surface area contributed by atoms with Crippen molar-refractivity contribution in [2.45, 2.75) is 38.4 Å². The lowest BCUT2D eigenvalue weighted by molar-refractivity contribution is -0.411. The smallest absolute Gasteiger partial charge is 0.174 e. The van der Waals surface area contributed by atoms with Gasteiger partial charge >= 0.3 is 0 Å². The third kappa shape index (κ3) is 1.26. The Morgan fingerprint density at radius 3 is 2.08 bits per heavy atom. The van der Waals surface area contributed by atoms with E-state index in [9.17, 15) is 0 Å². The van der Waals surface area contributed by atoms with Gasteiger partial charge in [0, 0.05) is 19.4 Å². The third-order valence-electron chi connectivity index (χ3n) is 3.24. The molecule has 1 saturated carbocycles. The zero-order valence-electron chi connectivity index (χ0n) is 7.51. The molecule has 3 nitrogen and oxygen atoms in total. The van der Waals surface area contributed by atoms with Gasteiger partial charge in [-0.25, -0.2) is 0 Å². The quantitative estimate of drug-likeness (QED) is 0.647. The summed E-state index contributed by atoms with van der Waals surface area (Å²) in [5.74, 6) is -0.255. The number of rotatable bonds is 1. The number of aliphatic hydroxyl groups is 1. The molecule has 0 aromatic rings. The van der Waals surface area contributed by atoms with Gasteiger partial charge in [0.1, 0.15) is 0 Å². The maximum absolute atomic E-state index is 9.13. The Labute approximate surface area is 72.7 Å². The highest BCUT2D eigenvalue weighted by atomic mass is 16.9. The lowest BCUT2D eigenvalue weighted by Gasteiger charge is -2.48. The first-order valence-corrected chi connectivity index (χ1v) is 4.57. The molecule has 0 unspecified atom stereocenters. The van der Waals surface area contributed by atoms with Crippen molar-refractivity contribution in [2.24, 2.45) is 5.41 Å². The second kappa shape index (κ2) is 2.69. The molecule has 0 amide bonds. The van der Waals surface area contributed by atoms with Crippen LogP contribution in [-0.2, 0) is 9.47 Å². The van der Waals surface area contributed by atoms with Crippen LogP contribution in [0.4, 0.5) is 0 Å². The number of hydrogen-bond donors (Lipinski definition) is 1. The van der Waals surface area contributed by atoms with E-state index in [1.54, 1.807) is 0 Å². The molecular weight excluding hydrogens is 156 g/mol. The number of hydrogen-bond acceptors (Lipinski definition) is 3. The fourth-order valence-corrected chi connectivity index (χ4v) is 1.91. The van der Waals surface area contributed by atoms with E-state index in [0.29, 0.717) is 6.79 Å². The summed E-state index contributed by atoms with van der Waals surface area (Å²) in [5.41, 5.74) is 0.105. The molecule has 12 heavy (non-hydrogen) atoms. The predicted molar refractivity (Wildman–Crippen MR) is 43.4 cm³/mol. The van der Waals surface area contributed by atoms with Crippen LogP contribution in [0.2, 0.25) is 0 Å². The Morgan fingerprint density at radius 2 is 1.75 bits per heavy atom. The number of ether oxygens (including phenoxy) is 2. The minimum atomic E-state index is -0.255. The lowest BCUT2D eigenvalue weighted by atomic mass is 9.73. The summed E-state index contributed by atoms with van der Waals surface area (Å²) in [6, 6.07) is 0. The summed E-state index contributed by atoms with van der Waals surface area (Å²) < 4.78 is 10.8. The van der Waals surface area contributed by atoms with Gasteiger partial charge in [-0.2, -0.15) is 0 Å². The molecule has 1 saturated heterocycles. The molecule has 2 rings (SSSR count). The fourth-order valence-electron chi connectivity index (χ4n) is 1.91. The van der Waals surface area contributed by atoms with Crippen LogP contribution in [0.1, 0.15) is 32.6 Å². The third-order valence-corrected chi connectivity index (χ3v) is 3.24. The molecule has 2 aliphatic rings. The van der Waals surface area contributed by atoms with Gasteiger partial charge in [-0.1, -0.05) is 6.92 Å². The molecule has 1 aliphatic heterocycles. The van der Waals surface area contributed by atoms with E-state index in [2.05, 4.69) is 6.92 Å². The van der Waals surface area contributed by atoms with E-state index in [0.717, 1.165) is 25.7 Å². The molecule has 70 valence electrons. The van der Waals surface area contributed by atoms with Crippen molar-refractivity contribution in [2.75, 3.05) is 13.4 Å². The van der Waals surface area contributed by atoms with Crippen molar-refractivity contribution in [3.8, 4) is 0 Å². The Kier molecular flexibility index (Phi) is 1.90. The van der Waals surface area contributed by atoms with Crippen LogP contribution < -0.4 is 0 Å². The van der Waals surface area contributed by atoms with E-state index >= 15 is 0 Å². The second-order valence-electron chi connectivity index (χ2n) is 4.29. The van der Waals surface area contributed by atoms with Gasteiger partial charge in [0.2, 0.25) is 0 Å². The van der Waals surface area contributed by atoms with Crippen LogP contribution in [0.15, 0.2) is 0 Å². The van der Waals surface area contributed by atoms with Crippen molar-refractivity contribution in [3.05, 3.63) is 0 Å². The Bertz CT molecular complexity index is 153. The summed E-state index contributed by atoms with van der Waals surface area (Å²) in [5, 5.41) is 9.13. The minimum absolute atomic E-state index is 0.105. The van der Waals surface area contributed by atoms with Gasteiger partial charge in [0.05, 0.1) is 0 Å². The van der Waals surface area contributed by atoms with Crippen molar-refractivity contribution in [1.29, 1.82) is 0 Å². The normalized spacial score (nSPS) is 31.5. The zero-order valence-corrected chi connectivity index (χ0v) is 7.51. The maximum Gasteiger partial charge on any atom is 0.174 e. The van der Waals surface area contributed by atoms with Crippen LogP contribution >= 0.6 is 0 Å². The van der Waals surface area contributed by atoms with E-state index < -0.39 is 0 Å². The van der Waals surface area contributed by atoms with Gasteiger partial charge < -0.3 is 14.6 Å². The van der Waals surface area contributed by atoms with Gasteiger partial charge in [-0.3, -0.25) is 0 Å². The van der Waals surface area contributed by atoms with Gasteiger partial charge in [0.25, 0.3) is 0 Å². The predicted octanol–water partition coefficient (Wildman–Crippen LogP) is 1.26. The summed E-state index contributed by atoms with van der Waals surface area (Å²) in [6.07, 6.45) is 3.88. The second-order valence-corrected chi connectivity index (χ2v) is 4.29. The molecule has 1 heterocycles. The topological polar surface area (TPSA) is 38.7 Å². The van der Waals surface area contributed by atoms with Crippen molar-refractivity contribution in [1.82, 2.24) is 0 Å².